The Morgan fingerprint density at radius 1 is 1.41 bits per heavy atom. The van der Waals surface area contributed by atoms with Crippen molar-refractivity contribution in [1.82, 2.24) is 0 Å². The van der Waals surface area contributed by atoms with Crippen LogP contribution < -0.4 is 5.32 Å². The summed E-state index contributed by atoms with van der Waals surface area (Å²) < 4.78 is 6.15. The summed E-state index contributed by atoms with van der Waals surface area (Å²) in [5.41, 5.74) is 1.60. The van der Waals surface area contributed by atoms with Crippen LogP contribution in [0.2, 0.25) is 0 Å². The average molecular weight is 300 g/mol. The quantitative estimate of drug-likeness (QED) is 0.868. The van der Waals surface area contributed by atoms with E-state index < -0.39 is 5.60 Å². The summed E-state index contributed by atoms with van der Waals surface area (Å²) in [5.74, 6) is -0.258. The molecule has 0 fully saturated rings. The van der Waals surface area contributed by atoms with Gasteiger partial charge in [-0.05, 0) is 61.3 Å². The summed E-state index contributed by atoms with van der Waals surface area (Å²) in [6, 6.07) is 5.93. The van der Waals surface area contributed by atoms with E-state index >= 15 is 0 Å². The normalized spacial score (nSPS) is 11.1. The second-order valence-corrected chi connectivity index (χ2v) is 5.78. The fourth-order valence-corrected chi connectivity index (χ4v) is 1.71. The van der Waals surface area contributed by atoms with Gasteiger partial charge < -0.3 is 10.1 Å². The van der Waals surface area contributed by atoms with Gasteiger partial charge in [0, 0.05) is 10.2 Å². The summed E-state index contributed by atoms with van der Waals surface area (Å²) in [6.07, 6.45) is 0. The highest BCUT2D eigenvalue weighted by Crippen LogP contribution is 2.23. The van der Waals surface area contributed by atoms with Crippen LogP contribution in [0.5, 0.6) is 0 Å². The van der Waals surface area contributed by atoms with Gasteiger partial charge in [-0.1, -0.05) is 6.07 Å². The third-order valence-corrected chi connectivity index (χ3v) is 2.66. The lowest BCUT2D eigenvalue weighted by Crippen LogP contribution is -2.28. The Kier molecular flexibility index (Phi) is 4.57. The van der Waals surface area contributed by atoms with E-state index in [2.05, 4.69) is 21.2 Å². The maximum Gasteiger partial charge on any atom is 0.325 e. The number of ether oxygens (including phenoxy) is 1. The Balaban J connectivity index is 2.56. The predicted molar refractivity (Wildman–Crippen MR) is 73.2 cm³/mol. The first-order valence-corrected chi connectivity index (χ1v) is 6.29. The summed E-state index contributed by atoms with van der Waals surface area (Å²) in [7, 11) is 0. The van der Waals surface area contributed by atoms with Gasteiger partial charge in [-0.3, -0.25) is 4.79 Å². The molecule has 0 bridgehead atoms. The number of hydrogen-bond acceptors (Lipinski definition) is 3. The fraction of sp³-hybridized carbons (Fsp3) is 0.462. The number of aryl methyl sites for hydroxylation is 1. The molecule has 3 nitrogen and oxygen atoms in total. The molecule has 1 N–H and O–H groups in total. The molecule has 0 amide bonds. The van der Waals surface area contributed by atoms with Gasteiger partial charge in [-0.2, -0.15) is 0 Å². The van der Waals surface area contributed by atoms with Crippen LogP contribution in [0.1, 0.15) is 26.3 Å². The zero-order valence-electron chi connectivity index (χ0n) is 10.6. The number of halogens is 1. The molecule has 0 aliphatic heterocycles. The molecule has 0 saturated heterocycles. The first-order valence-electron chi connectivity index (χ1n) is 5.50. The lowest BCUT2D eigenvalue weighted by atomic mass is 10.2. The van der Waals surface area contributed by atoms with Gasteiger partial charge in [0.15, 0.2) is 0 Å². The van der Waals surface area contributed by atoms with Crippen molar-refractivity contribution in [2.24, 2.45) is 0 Å². The molecule has 1 aromatic rings. The number of carbonyl (C=O) groups excluding carboxylic acids is 1. The molecule has 0 radical (unpaired) electrons. The molecule has 0 spiro atoms. The Morgan fingerprint density at radius 2 is 2.06 bits per heavy atom. The highest BCUT2D eigenvalue weighted by molar-refractivity contribution is 9.10. The van der Waals surface area contributed by atoms with Crippen LogP contribution >= 0.6 is 15.9 Å². The number of rotatable bonds is 3. The van der Waals surface area contributed by atoms with Crippen molar-refractivity contribution in [3.8, 4) is 0 Å². The predicted octanol–water partition coefficient (Wildman–Crippen LogP) is 3.51. The largest absolute Gasteiger partial charge is 0.459 e. The van der Waals surface area contributed by atoms with Crippen molar-refractivity contribution in [3.63, 3.8) is 0 Å². The van der Waals surface area contributed by atoms with Crippen LogP contribution in [-0.4, -0.2) is 18.1 Å². The van der Waals surface area contributed by atoms with Crippen molar-refractivity contribution in [2.75, 3.05) is 11.9 Å². The van der Waals surface area contributed by atoms with Crippen molar-refractivity contribution in [1.29, 1.82) is 0 Å². The third kappa shape index (κ3) is 5.22. The SMILES string of the molecule is Cc1ccc(Br)c(NCC(=O)OC(C)(C)C)c1. The molecule has 0 heterocycles. The molecule has 1 rings (SSSR count). The standard InChI is InChI=1S/C13H18BrNO2/c1-9-5-6-10(14)11(7-9)15-8-12(16)17-13(2,3)4/h5-7,15H,8H2,1-4H3. The molecule has 0 atom stereocenters. The summed E-state index contributed by atoms with van der Waals surface area (Å²) in [4.78, 5) is 11.5. The number of hydrogen-bond donors (Lipinski definition) is 1. The smallest absolute Gasteiger partial charge is 0.325 e. The molecule has 94 valence electrons. The van der Waals surface area contributed by atoms with Crippen LogP contribution in [-0.2, 0) is 9.53 Å². The number of esters is 1. The Hall–Kier alpha value is -1.03. The summed E-state index contributed by atoms with van der Waals surface area (Å²) in [6.45, 7) is 7.73. The van der Waals surface area contributed by atoms with Gasteiger partial charge >= 0.3 is 5.97 Å². The molecular weight excluding hydrogens is 282 g/mol. The van der Waals surface area contributed by atoms with E-state index in [9.17, 15) is 4.79 Å². The molecule has 0 aliphatic rings. The van der Waals surface area contributed by atoms with E-state index in [1.54, 1.807) is 0 Å². The summed E-state index contributed by atoms with van der Waals surface area (Å²) in [5, 5.41) is 3.05. The van der Waals surface area contributed by atoms with Crippen LogP contribution in [0, 0.1) is 6.92 Å². The van der Waals surface area contributed by atoms with Crippen LogP contribution in [0.3, 0.4) is 0 Å². The summed E-state index contributed by atoms with van der Waals surface area (Å²) >= 11 is 3.43. The van der Waals surface area contributed by atoms with E-state index in [0.717, 1.165) is 15.7 Å². The Bertz CT molecular complexity index is 410. The molecule has 0 unspecified atom stereocenters. The van der Waals surface area contributed by atoms with Gasteiger partial charge in [-0.25, -0.2) is 0 Å². The van der Waals surface area contributed by atoms with Crippen LogP contribution in [0.15, 0.2) is 22.7 Å². The minimum atomic E-state index is -0.442. The van der Waals surface area contributed by atoms with Crippen molar-refractivity contribution < 1.29 is 9.53 Å². The molecule has 1 aromatic carbocycles. The lowest BCUT2D eigenvalue weighted by Gasteiger charge is -2.20. The first-order chi connectivity index (χ1) is 7.78. The highest BCUT2D eigenvalue weighted by atomic mass is 79.9. The molecule has 4 heteroatoms. The average Bonchev–Trinajstić information content (AvgIpc) is 2.17. The van der Waals surface area contributed by atoms with Gasteiger partial charge in [0.2, 0.25) is 0 Å². The minimum Gasteiger partial charge on any atom is -0.459 e. The molecule has 0 aromatic heterocycles. The minimum absolute atomic E-state index is 0.166. The zero-order valence-corrected chi connectivity index (χ0v) is 12.2. The maximum absolute atomic E-state index is 11.5. The van der Waals surface area contributed by atoms with Gasteiger partial charge in [0.25, 0.3) is 0 Å². The van der Waals surface area contributed by atoms with Crippen molar-refractivity contribution >= 4 is 27.6 Å². The van der Waals surface area contributed by atoms with E-state index in [0.29, 0.717) is 0 Å². The van der Waals surface area contributed by atoms with E-state index in [1.165, 1.54) is 0 Å². The van der Waals surface area contributed by atoms with E-state index in [1.807, 2.05) is 45.9 Å². The zero-order chi connectivity index (χ0) is 13.1. The first kappa shape index (κ1) is 14.0. The number of anilines is 1. The molecule has 0 saturated carbocycles. The second-order valence-electron chi connectivity index (χ2n) is 4.92. The fourth-order valence-electron chi connectivity index (χ4n) is 1.32. The van der Waals surface area contributed by atoms with Crippen molar-refractivity contribution in [2.45, 2.75) is 33.3 Å². The van der Waals surface area contributed by atoms with Crippen LogP contribution in [0.4, 0.5) is 5.69 Å². The second kappa shape index (κ2) is 5.54. The Labute approximate surface area is 111 Å². The number of benzene rings is 1. The number of nitrogens with one attached hydrogen (secondary N) is 1. The maximum atomic E-state index is 11.5. The number of carbonyl (C=O) groups is 1. The van der Waals surface area contributed by atoms with E-state index in [-0.39, 0.29) is 12.5 Å². The molecule has 17 heavy (non-hydrogen) atoms. The van der Waals surface area contributed by atoms with Gasteiger partial charge in [-0.15, -0.1) is 0 Å². The van der Waals surface area contributed by atoms with E-state index in [4.69, 9.17) is 4.74 Å². The lowest BCUT2D eigenvalue weighted by molar-refractivity contribution is -0.152. The third-order valence-electron chi connectivity index (χ3n) is 1.97. The monoisotopic (exact) mass is 299 g/mol. The topological polar surface area (TPSA) is 38.3 Å². The van der Waals surface area contributed by atoms with Gasteiger partial charge in [0.05, 0.1) is 0 Å². The van der Waals surface area contributed by atoms with Crippen LogP contribution in [0.25, 0.3) is 0 Å². The van der Waals surface area contributed by atoms with Crippen molar-refractivity contribution in [3.05, 3.63) is 28.2 Å². The highest BCUT2D eigenvalue weighted by Gasteiger charge is 2.15. The molecule has 0 aliphatic carbocycles. The van der Waals surface area contributed by atoms with Gasteiger partial charge in [0.1, 0.15) is 12.1 Å². The Morgan fingerprint density at radius 3 is 2.65 bits per heavy atom. The molecular formula is C13H18BrNO2.